The molecule has 120 valence electrons. The van der Waals surface area contributed by atoms with Gasteiger partial charge in [0.05, 0.1) is 5.52 Å². The monoisotopic (exact) mass is 338 g/mol. The summed E-state index contributed by atoms with van der Waals surface area (Å²) in [5, 5.41) is 7.99. The Kier molecular flexibility index (Phi) is 5.26. The predicted octanol–water partition coefficient (Wildman–Crippen LogP) is 4.08. The summed E-state index contributed by atoms with van der Waals surface area (Å²) in [6.45, 7) is 12.0. The summed E-state index contributed by atoms with van der Waals surface area (Å²) in [6.07, 6.45) is 1.76. The first kappa shape index (κ1) is 17.0. The van der Waals surface area contributed by atoms with Crippen LogP contribution in [0.15, 0.2) is 12.6 Å². The number of fused-ring (bicyclic) bond motifs is 1. The minimum absolute atomic E-state index is 0.396. The molecule has 2 rings (SSSR count). The van der Waals surface area contributed by atoms with Crippen LogP contribution in [0.2, 0.25) is 30.8 Å². The van der Waals surface area contributed by atoms with Crippen LogP contribution in [0.1, 0.15) is 5.56 Å². The number of hydrogen-bond donors (Lipinski definition) is 1. The standard InChI is InChI=1S/C15H23ClN4OSi/c1-6-11-9-12(16)18-13-14(11)20(19-15(13)17-2)10-21-7-8-22(3,4)5/h6,9H,1,7-8,10H2,2-5H3,(H,17,19). The van der Waals surface area contributed by atoms with Crippen LogP contribution in [0.5, 0.6) is 0 Å². The minimum Gasteiger partial charge on any atom is -0.370 e. The molecule has 0 atom stereocenters. The maximum Gasteiger partial charge on any atom is 0.174 e. The van der Waals surface area contributed by atoms with E-state index in [0.717, 1.165) is 29.2 Å². The Morgan fingerprint density at radius 2 is 2.18 bits per heavy atom. The zero-order valence-electron chi connectivity index (χ0n) is 13.6. The number of nitrogens with one attached hydrogen (secondary N) is 1. The normalized spacial score (nSPS) is 11.9. The molecular formula is C15H23ClN4OSi. The Hall–Kier alpha value is -1.37. The van der Waals surface area contributed by atoms with E-state index in [4.69, 9.17) is 16.3 Å². The first-order valence-electron chi connectivity index (χ1n) is 7.30. The Morgan fingerprint density at radius 1 is 1.45 bits per heavy atom. The van der Waals surface area contributed by atoms with Crippen molar-refractivity contribution >= 4 is 42.6 Å². The Labute approximate surface area is 137 Å². The summed E-state index contributed by atoms with van der Waals surface area (Å²) in [5.41, 5.74) is 2.52. The molecule has 0 amide bonds. The van der Waals surface area contributed by atoms with Gasteiger partial charge in [0.25, 0.3) is 0 Å². The number of ether oxygens (including phenoxy) is 1. The van der Waals surface area contributed by atoms with Crippen LogP contribution in [0.3, 0.4) is 0 Å². The van der Waals surface area contributed by atoms with Gasteiger partial charge in [0, 0.05) is 27.3 Å². The zero-order chi connectivity index (χ0) is 16.3. The number of anilines is 1. The molecule has 0 spiro atoms. The molecule has 2 aromatic rings. The highest BCUT2D eigenvalue weighted by Crippen LogP contribution is 2.27. The number of nitrogens with zero attached hydrogens (tertiary/aromatic N) is 3. The lowest BCUT2D eigenvalue weighted by Gasteiger charge is -2.15. The van der Waals surface area contributed by atoms with Crippen molar-refractivity contribution in [2.45, 2.75) is 32.4 Å². The lowest BCUT2D eigenvalue weighted by Crippen LogP contribution is -2.22. The highest BCUT2D eigenvalue weighted by atomic mass is 35.5. The molecule has 0 aliphatic carbocycles. The van der Waals surface area contributed by atoms with Gasteiger partial charge in [-0.15, -0.1) is 0 Å². The van der Waals surface area contributed by atoms with Crippen LogP contribution < -0.4 is 5.32 Å². The van der Waals surface area contributed by atoms with Gasteiger partial charge in [-0.3, -0.25) is 0 Å². The van der Waals surface area contributed by atoms with E-state index < -0.39 is 8.07 Å². The molecule has 0 saturated carbocycles. The van der Waals surface area contributed by atoms with Gasteiger partial charge >= 0.3 is 0 Å². The van der Waals surface area contributed by atoms with Gasteiger partial charge in [0.2, 0.25) is 0 Å². The molecule has 0 bridgehead atoms. The summed E-state index contributed by atoms with van der Waals surface area (Å²) in [7, 11) is 0.725. The van der Waals surface area contributed by atoms with E-state index in [0.29, 0.717) is 17.7 Å². The fourth-order valence-corrected chi connectivity index (χ4v) is 3.09. The van der Waals surface area contributed by atoms with Crippen molar-refractivity contribution in [3.05, 3.63) is 23.4 Å². The maximum atomic E-state index is 6.07. The van der Waals surface area contributed by atoms with Gasteiger partial charge in [-0.1, -0.05) is 43.9 Å². The third-order valence-corrected chi connectivity index (χ3v) is 5.26. The van der Waals surface area contributed by atoms with Crippen LogP contribution in [-0.4, -0.2) is 36.5 Å². The SMILES string of the molecule is C=Cc1cc(Cl)nc2c(NC)nn(COCC[Si](C)(C)C)c12. The van der Waals surface area contributed by atoms with E-state index in [9.17, 15) is 0 Å². The van der Waals surface area contributed by atoms with Crippen molar-refractivity contribution < 1.29 is 4.74 Å². The van der Waals surface area contributed by atoms with E-state index in [2.05, 4.69) is 41.6 Å². The molecular weight excluding hydrogens is 316 g/mol. The van der Waals surface area contributed by atoms with Gasteiger partial charge < -0.3 is 10.1 Å². The maximum absolute atomic E-state index is 6.07. The van der Waals surface area contributed by atoms with Crippen molar-refractivity contribution in [2.75, 3.05) is 19.0 Å². The number of hydrogen-bond acceptors (Lipinski definition) is 4. The molecule has 22 heavy (non-hydrogen) atoms. The third-order valence-electron chi connectivity index (χ3n) is 3.36. The summed E-state index contributed by atoms with van der Waals surface area (Å²) in [4.78, 5) is 4.37. The van der Waals surface area contributed by atoms with Gasteiger partial charge in [0.1, 0.15) is 17.4 Å². The van der Waals surface area contributed by atoms with E-state index in [1.165, 1.54) is 0 Å². The summed E-state index contributed by atoms with van der Waals surface area (Å²) >= 11 is 6.07. The third kappa shape index (κ3) is 3.88. The van der Waals surface area contributed by atoms with Crippen molar-refractivity contribution in [3.8, 4) is 0 Å². The lowest BCUT2D eigenvalue weighted by atomic mass is 10.2. The van der Waals surface area contributed by atoms with Crippen LogP contribution >= 0.6 is 11.6 Å². The molecule has 5 nitrogen and oxygen atoms in total. The summed E-state index contributed by atoms with van der Waals surface area (Å²) in [6, 6.07) is 2.92. The van der Waals surface area contributed by atoms with Gasteiger partial charge in [-0.05, 0) is 12.1 Å². The smallest absolute Gasteiger partial charge is 0.174 e. The Morgan fingerprint density at radius 3 is 2.77 bits per heavy atom. The Balaban J connectivity index is 2.28. The second-order valence-corrected chi connectivity index (χ2v) is 12.4. The topological polar surface area (TPSA) is 52.0 Å². The largest absolute Gasteiger partial charge is 0.370 e. The van der Waals surface area contributed by atoms with Crippen molar-refractivity contribution in [2.24, 2.45) is 0 Å². The molecule has 7 heteroatoms. The van der Waals surface area contributed by atoms with E-state index in [-0.39, 0.29) is 0 Å². The van der Waals surface area contributed by atoms with Gasteiger partial charge in [-0.2, -0.15) is 5.10 Å². The van der Waals surface area contributed by atoms with E-state index in [1.807, 2.05) is 11.7 Å². The Bertz CT molecular complexity index is 678. The number of halogens is 1. The molecule has 0 fully saturated rings. The number of pyridine rings is 1. The van der Waals surface area contributed by atoms with Crippen LogP contribution in [0, 0.1) is 0 Å². The van der Waals surface area contributed by atoms with Gasteiger partial charge in [-0.25, -0.2) is 9.67 Å². The van der Waals surface area contributed by atoms with Crippen LogP contribution in [-0.2, 0) is 11.5 Å². The van der Waals surface area contributed by atoms with Crippen LogP contribution in [0.25, 0.3) is 17.1 Å². The van der Waals surface area contributed by atoms with Crippen LogP contribution in [0.4, 0.5) is 5.82 Å². The minimum atomic E-state index is -1.09. The molecule has 0 saturated heterocycles. The fourth-order valence-electron chi connectivity index (χ4n) is 2.13. The first-order chi connectivity index (χ1) is 10.4. The molecule has 0 aliphatic rings. The number of aromatic nitrogens is 3. The van der Waals surface area contributed by atoms with Crippen molar-refractivity contribution in [1.29, 1.82) is 0 Å². The average Bonchev–Trinajstić information content (AvgIpc) is 2.79. The summed E-state index contributed by atoms with van der Waals surface area (Å²) in [5.74, 6) is 0.689. The molecule has 2 heterocycles. The zero-order valence-corrected chi connectivity index (χ0v) is 15.4. The molecule has 0 unspecified atom stereocenters. The molecule has 0 aromatic carbocycles. The predicted molar refractivity (Wildman–Crippen MR) is 96.3 cm³/mol. The highest BCUT2D eigenvalue weighted by molar-refractivity contribution is 6.76. The molecule has 0 aliphatic heterocycles. The first-order valence-corrected chi connectivity index (χ1v) is 11.4. The van der Waals surface area contributed by atoms with Crippen molar-refractivity contribution in [3.63, 3.8) is 0 Å². The van der Waals surface area contributed by atoms with Gasteiger partial charge in [0.15, 0.2) is 5.82 Å². The van der Waals surface area contributed by atoms with Crippen molar-refractivity contribution in [1.82, 2.24) is 14.8 Å². The quantitative estimate of drug-likeness (QED) is 0.469. The second-order valence-electron chi connectivity index (χ2n) is 6.38. The average molecular weight is 339 g/mol. The summed E-state index contributed by atoms with van der Waals surface area (Å²) < 4.78 is 7.61. The second kappa shape index (κ2) is 6.81. The number of rotatable bonds is 7. The fraction of sp³-hybridized carbons (Fsp3) is 0.467. The highest BCUT2D eigenvalue weighted by Gasteiger charge is 2.16. The molecule has 1 N–H and O–H groups in total. The molecule has 0 radical (unpaired) electrons. The lowest BCUT2D eigenvalue weighted by molar-refractivity contribution is 0.0819. The van der Waals surface area contributed by atoms with E-state index in [1.54, 1.807) is 12.1 Å². The molecule has 2 aromatic heterocycles. The van der Waals surface area contributed by atoms with E-state index >= 15 is 0 Å².